The number of nitrogens with one attached hydrogen (secondary N) is 1. The molecule has 1 heterocycles. The summed E-state index contributed by atoms with van der Waals surface area (Å²) < 4.78 is 11.3. The molecule has 0 saturated heterocycles. The van der Waals surface area contributed by atoms with E-state index < -0.39 is 10.9 Å². The van der Waals surface area contributed by atoms with Gasteiger partial charge in [0, 0.05) is 41.4 Å². The first-order valence-corrected chi connectivity index (χ1v) is 13.3. The minimum atomic E-state index is -0.668. The quantitative estimate of drug-likeness (QED) is 0.122. The van der Waals surface area contributed by atoms with E-state index in [0.717, 1.165) is 45.3 Å². The second-order valence-corrected chi connectivity index (χ2v) is 11.2. The number of carbonyl (C=O) groups is 2. The van der Waals surface area contributed by atoms with Crippen molar-refractivity contribution in [1.29, 1.82) is 0 Å². The Hall–Kier alpha value is -4.98. The molecule has 4 aromatic carbocycles. The average molecular weight is 549 g/mol. The normalized spacial score (nSPS) is 17.3. The average Bonchev–Trinajstić information content (AvgIpc) is 2.95. The van der Waals surface area contributed by atoms with Crippen LogP contribution in [0.25, 0.3) is 10.8 Å². The third kappa shape index (κ3) is 4.71. The third-order valence-corrected chi connectivity index (χ3v) is 7.79. The number of hydrogen-bond acceptors (Lipinski definition) is 7. The first-order chi connectivity index (χ1) is 19.6. The highest BCUT2D eigenvalue weighted by atomic mass is 16.6. The van der Waals surface area contributed by atoms with Crippen molar-refractivity contribution in [2.75, 3.05) is 12.4 Å². The summed E-state index contributed by atoms with van der Waals surface area (Å²) in [5.41, 5.74) is 4.42. The zero-order valence-corrected chi connectivity index (χ0v) is 22.9. The summed E-state index contributed by atoms with van der Waals surface area (Å²) in [6.45, 7) is 4.22. The van der Waals surface area contributed by atoms with Gasteiger partial charge in [0.15, 0.2) is 17.3 Å². The Bertz CT molecular complexity index is 1770. The van der Waals surface area contributed by atoms with E-state index in [-0.39, 0.29) is 34.1 Å². The van der Waals surface area contributed by atoms with Crippen LogP contribution in [0.2, 0.25) is 0 Å². The molecule has 6 rings (SSSR count). The van der Waals surface area contributed by atoms with Crippen LogP contribution in [-0.4, -0.2) is 23.8 Å². The number of Topliss-reactive ketones (excluding diaryl/α,β-unsaturated/α-hetero) is 1. The number of esters is 1. The number of ether oxygens (including phenoxy) is 2. The van der Waals surface area contributed by atoms with E-state index >= 15 is 0 Å². The Kier molecular flexibility index (Phi) is 6.33. The van der Waals surface area contributed by atoms with Crippen molar-refractivity contribution in [3.8, 4) is 11.5 Å². The van der Waals surface area contributed by atoms with Gasteiger partial charge in [-0.3, -0.25) is 14.9 Å². The lowest BCUT2D eigenvalue weighted by atomic mass is 9.68. The maximum Gasteiger partial charge on any atom is 0.343 e. The van der Waals surface area contributed by atoms with Gasteiger partial charge < -0.3 is 14.8 Å². The summed E-state index contributed by atoms with van der Waals surface area (Å²) >= 11 is 0. The van der Waals surface area contributed by atoms with Gasteiger partial charge in [-0.1, -0.05) is 50.2 Å². The fraction of sp³-hybridized carbons (Fsp3) is 0.212. The Balaban J connectivity index is 1.44. The summed E-state index contributed by atoms with van der Waals surface area (Å²) in [4.78, 5) is 37.0. The van der Waals surface area contributed by atoms with E-state index in [0.29, 0.717) is 12.2 Å². The lowest BCUT2D eigenvalue weighted by Crippen LogP contribution is -2.33. The van der Waals surface area contributed by atoms with Crippen LogP contribution in [0.4, 0.5) is 11.4 Å². The number of non-ortho nitro benzene ring substituents is 1. The topological polar surface area (TPSA) is 108 Å². The van der Waals surface area contributed by atoms with Crippen molar-refractivity contribution < 1.29 is 24.0 Å². The molecule has 8 nitrogen and oxygen atoms in total. The number of benzene rings is 4. The highest BCUT2D eigenvalue weighted by molar-refractivity contribution is 6.04. The van der Waals surface area contributed by atoms with E-state index in [1.54, 1.807) is 6.07 Å². The van der Waals surface area contributed by atoms with Gasteiger partial charge >= 0.3 is 5.97 Å². The van der Waals surface area contributed by atoms with Gasteiger partial charge in [0.1, 0.15) is 0 Å². The Morgan fingerprint density at radius 2 is 1.73 bits per heavy atom. The molecule has 1 atom stereocenters. The minimum Gasteiger partial charge on any atom is -0.493 e. The smallest absolute Gasteiger partial charge is 0.343 e. The molecule has 1 aliphatic heterocycles. The number of hydrogen-bond donors (Lipinski definition) is 1. The van der Waals surface area contributed by atoms with Gasteiger partial charge in [0.05, 0.1) is 17.6 Å². The van der Waals surface area contributed by atoms with Gasteiger partial charge in [-0.25, -0.2) is 4.79 Å². The van der Waals surface area contributed by atoms with Gasteiger partial charge in [-0.05, 0) is 64.1 Å². The van der Waals surface area contributed by atoms with Crippen LogP contribution in [-0.2, 0) is 4.79 Å². The number of nitro benzene ring substituents is 1. The third-order valence-electron chi connectivity index (χ3n) is 7.79. The Morgan fingerprint density at radius 1 is 0.976 bits per heavy atom. The molecule has 1 unspecified atom stereocenters. The molecule has 41 heavy (non-hydrogen) atoms. The number of nitrogens with zero attached hydrogens (tertiary/aromatic N) is 1. The summed E-state index contributed by atoms with van der Waals surface area (Å²) in [7, 11) is 1.49. The second kappa shape index (κ2) is 9.89. The fourth-order valence-corrected chi connectivity index (χ4v) is 5.96. The molecule has 1 aliphatic carbocycles. The van der Waals surface area contributed by atoms with Gasteiger partial charge in [0.25, 0.3) is 5.69 Å². The molecule has 8 heteroatoms. The molecule has 0 fully saturated rings. The number of methoxy groups -OCH3 is 1. The first kappa shape index (κ1) is 26.3. The number of allylic oxidation sites excluding steroid dienone is 2. The Labute approximate surface area is 236 Å². The van der Waals surface area contributed by atoms with Gasteiger partial charge in [-0.15, -0.1) is 0 Å². The number of carbonyl (C=O) groups excluding carboxylic acids is 2. The van der Waals surface area contributed by atoms with Crippen LogP contribution in [0.1, 0.15) is 54.1 Å². The molecule has 1 N–H and O–H groups in total. The van der Waals surface area contributed by atoms with E-state index in [1.165, 1.54) is 31.4 Å². The van der Waals surface area contributed by atoms with E-state index in [1.807, 2.05) is 24.3 Å². The zero-order chi connectivity index (χ0) is 28.9. The monoisotopic (exact) mass is 548 g/mol. The van der Waals surface area contributed by atoms with E-state index in [2.05, 4.69) is 43.4 Å². The largest absolute Gasteiger partial charge is 0.493 e. The standard InChI is InChI=1S/C33H28N2O6/c1-33(2)17-25-31(26(36)18-33)29(30-23-7-5-4-6-19(23)10-14-24(30)34-25)21-11-15-27(28(16-21)40-3)41-32(37)20-8-12-22(13-9-20)35(38)39/h4-16,29,34H,17-18H2,1-3H3. The Morgan fingerprint density at radius 3 is 2.46 bits per heavy atom. The van der Waals surface area contributed by atoms with E-state index in [4.69, 9.17) is 9.47 Å². The second-order valence-electron chi connectivity index (χ2n) is 11.2. The van der Waals surface area contributed by atoms with Crippen molar-refractivity contribution in [1.82, 2.24) is 0 Å². The predicted octanol–water partition coefficient (Wildman–Crippen LogP) is 7.18. The molecule has 0 radical (unpaired) electrons. The number of rotatable bonds is 5. The SMILES string of the molecule is COc1cc(C2C3=C(CC(C)(C)CC3=O)Nc3ccc4ccccc4c32)ccc1OC(=O)c1ccc([N+](=O)[O-])cc1. The molecule has 0 saturated carbocycles. The summed E-state index contributed by atoms with van der Waals surface area (Å²) in [5, 5.41) is 16.7. The van der Waals surface area contributed by atoms with Crippen LogP contribution >= 0.6 is 0 Å². The highest BCUT2D eigenvalue weighted by Crippen LogP contribution is 2.51. The van der Waals surface area contributed by atoms with Crippen molar-refractivity contribution in [3.63, 3.8) is 0 Å². The van der Waals surface area contributed by atoms with Crippen LogP contribution in [0, 0.1) is 15.5 Å². The van der Waals surface area contributed by atoms with E-state index in [9.17, 15) is 19.7 Å². The minimum absolute atomic E-state index is 0.111. The van der Waals surface area contributed by atoms with Crippen LogP contribution in [0.15, 0.2) is 90.1 Å². The lowest BCUT2D eigenvalue weighted by Gasteiger charge is -2.40. The maximum absolute atomic E-state index is 13.7. The summed E-state index contributed by atoms with van der Waals surface area (Å²) in [6.07, 6.45) is 1.20. The number of anilines is 1. The molecule has 0 amide bonds. The van der Waals surface area contributed by atoms with Crippen molar-refractivity contribution >= 4 is 33.9 Å². The van der Waals surface area contributed by atoms with Gasteiger partial charge in [0.2, 0.25) is 0 Å². The van der Waals surface area contributed by atoms with Crippen LogP contribution in [0.3, 0.4) is 0 Å². The number of nitro groups is 1. The summed E-state index contributed by atoms with van der Waals surface area (Å²) in [6, 6.07) is 22.8. The van der Waals surface area contributed by atoms with Crippen molar-refractivity contribution in [2.24, 2.45) is 5.41 Å². The van der Waals surface area contributed by atoms with Gasteiger partial charge in [-0.2, -0.15) is 0 Å². The number of fused-ring (bicyclic) bond motifs is 3. The first-order valence-electron chi connectivity index (χ1n) is 13.3. The molecular formula is C33H28N2O6. The van der Waals surface area contributed by atoms with Crippen LogP contribution in [0.5, 0.6) is 11.5 Å². The molecule has 0 bridgehead atoms. The molecule has 0 aromatic heterocycles. The molecule has 206 valence electrons. The molecular weight excluding hydrogens is 520 g/mol. The molecule has 4 aromatic rings. The van der Waals surface area contributed by atoms with Crippen molar-refractivity contribution in [3.05, 3.63) is 117 Å². The summed E-state index contributed by atoms with van der Waals surface area (Å²) in [5.74, 6) is -0.358. The van der Waals surface area contributed by atoms with Crippen molar-refractivity contribution in [2.45, 2.75) is 32.6 Å². The highest BCUT2D eigenvalue weighted by Gasteiger charge is 2.41. The fourth-order valence-electron chi connectivity index (χ4n) is 5.96. The zero-order valence-electron chi connectivity index (χ0n) is 22.9. The molecule has 2 aliphatic rings. The van der Waals surface area contributed by atoms with Crippen LogP contribution < -0.4 is 14.8 Å². The predicted molar refractivity (Wildman–Crippen MR) is 156 cm³/mol. The maximum atomic E-state index is 13.7. The number of ketones is 1. The molecule has 0 spiro atoms. The lowest BCUT2D eigenvalue weighted by molar-refractivity contribution is -0.384.